The lowest BCUT2D eigenvalue weighted by atomic mass is 10.2. The van der Waals surface area contributed by atoms with E-state index in [0.29, 0.717) is 28.1 Å². The molecule has 138 valence electrons. The predicted molar refractivity (Wildman–Crippen MR) is 108 cm³/mol. The molecule has 1 amide bonds. The van der Waals surface area contributed by atoms with Gasteiger partial charge in [-0.15, -0.1) is 0 Å². The van der Waals surface area contributed by atoms with Crippen molar-refractivity contribution < 1.29 is 14.3 Å². The van der Waals surface area contributed by atoms with Crippen molar-refractivity contribution in [2.45, 2.75) is 6.61 Å². The first-order valence-electron chi connectivity index (χ1n) is 8.24. The quantitative estimate of drug-likeness (QED) is 0.561. The summed E-state index contributed by atoms with van der Waals surface area (Å²) in [7, 11) is 0. The minimum Gasteiger partial charge on any atom is -0.489 e. The van der Waals surface area contributed by atoms with Crippen molar-refractivity contribution in [1.82, 2.24) is 0 Å². The summed E-state index contributed by atoms with van der Waals surface area (Å²) in [6.45, 7) is 0.313. The number of nitrogens with one attached hydrogen (secondary N) is 1. The molecule has 0 heterocycles. The Morgan fingerprint density at radius 2 is 1.63 bits per heavy atom. The lowest BCUT2D eigenvalue weighted by Crippen LogP contribution is -2.20. The third-order valence-electron chi connectivity index (χ3n) is 3.64. The number of benzene rings is 3. The van der Waals surface area contributed by atoms with Gasteiger partial charge in [0.15, 0.2) is 6.61 Å². The van der Waals surface area contributed by atoms with Gasteiger partial charge in [0.2, 0.25) is 0 Å². The number of carbonyl (C=O) groups is 1. The summed E-state index contributed by atoms with van der Waals surface area (Å²) in [5.41, 5.74) is 1.74. The number of carbonyl (C=O) groups excluding carboxylic acids is 1. The van der Waals surface area contributed by atoms with Crippen molar-refractivity contribution >= 4 is 34.8 Å². The molecule has 0 saturated carbocycles. The maximum absolute atomic E-state index is 12.0. The molecule has 27 heavy (non-hydrogen) atoms. The van der Waals surface area contributed by atoms with E-state index in [4.69, 9.17) is 32.7 Å². The summed E-state index contributed by atoms with van der Waals surface area (Å²) >= 11 is 11.9. The zero-order valence-corrected chi connectivity index (χ0v) is 15.8. The maximum atomic E-state index is 12.0. The lowest BCUT2D eigenvalue weighted by molar-refractivity contribution is -0.118. The van der Waals surface area contributed by atoms with Gasteiger partial charge in [0.05, 0.1) is 5.02 Å². The molecule has 0 saturated heterocycles. The molecule has 3 aromatic carbocycles. The molecule has 0 aliphatic heterocycles. The van der Waals surface area contributed by atoms with Gasteiger partial charge in [-0.1, -0.05) is 53.5 Å². The Hall–Kier alpha value is -2.69. The zero-order valence-electron chi connectivity index (χ0n) is 14.3. The summed E-state index contributed by atoms with van der Waals surface area (Å²) in [4.78, 5) is 12.0. The van der Waals surface area contributed by atoms with Gasteiger partial charge in [0, 0.05) is 16.8 Å². The number of anilines is 1. The molecule has 0 spiro atoms. The Labute approximate surface area is 167 Å². The van der Waals surface area contributed by atoms with Crippen LogP contribution in [0, 0.1) is 0 Å². The van der Waals surface area contributed by atoms with Crippen LogP contribution in [0.1, 0.15) is 5.56 Å². The van der Waals surface area contributed by atoms with E-state index in [-0.39, 0.29) is 12.5 Å². The lowest BCUT2D eigenvalue weighted by Gasteiger charge is -2.10. The SMILES string of the molecule is O=C(COc1cc(Cl)ccc1Cl)Nc1ccc(OCc2ccccc2)cc1. The summed E-state index contributed by atoms with van der Waals surface area (Å²) < 4.78 is 11.1. The molecule has 0 unspecified atom stereocenters. The third kappa shape index (κ3) is 5.91. The van der Waals surface area contributed by atoms with Crippen molar-refractivity contribution in [2.75, 3.05) is 11.9 Å². The van der Waals surface area contributed by atoms with E-state index in [9.17, 15) is 4.79 Å². The number of ether oxygens (including phenoxy) is 2. The van der Waals surface area contributed by atoms with E-state index >= 15 is 0 Å². The molecule has 4 nitrogen and oxygen atoms in total. The fourth-order valence-electron chi connectivity index (χ4n) is 2.30. The fourth-order valence-corrected chi connectivity index (χ4v) is 2.64. The summed E-state index contributed by atoms with van der Waals surface area (Å²) in [6.07, 6.45) is 0. The Balaban J connectivity index is 1.48. The van der Waals surface area contributed by atoms with Gasteiger partial charge in [-0.05, 0) is 42.0 Å². The first-order chi connectivity index (χ1) is 13.1. The van der Waals surface area contributed by atoms with E-state index in [1.54, 1.807) is 42.5 Å². The monoisotopic (exact) mass is 401 g/mol. The average Bonchev–Trinajstić information content (AvgIpc) is 2.69. The normalized spacial score (nSPS) is 10.3. The van der Waals surface area contributed by atoms with Crippen LogP contribution in [-0.2, 0) is 11.4 Å². The van der Waals surface area contributed by atoms with Gasteiger partial charge in [0.25, 0.3) is 5.91 Å². The second-order valence-electron chi connectivity index (χ2n) is 5.71. The average molecular weight is 402 g/mol. The van der Waals surface area contributed by atoms with Crippen LogP contribution in [0.15, 0.2) is 72.8 Å². The smallest absolute Gasteiger partial charge is 0.262 e. The summed E-state index contributed by atoms with van der Waals surface area (Å²) in [5, 5.41) is 3.63. The molecule has 0 aliphatic carbocycles. The van der Waals surface area contributed by atoms with E-state index in [1.165, 1.54) is 0 Å². The highest BCUT2D eigenvalue weighted by atomic mass is 35.5. The van der Waals surface area contributed by atoms with Crippen LogP contribution in [0.5, 0.6) is 11.5 Å². The minimum absolute atomic E-state index is 0.174. The van der Waals surface area contributed by atoms with Gasteiger partial charge in [0.1, 0.15) is 18.1 Å². The molecule has 0 radical (unpaired) electrons. The Kier molecular flexibility index (Phi) is 6.58. The molecule has 3 rings (SSSR count). The van der Waals surface area contributed by atoms with Gasteiger partial charge < -0.3 is 14.8 Å². The number of rotatable bonds is 7. The van der Waals surface area contributed by atoms with Gasteiger partial charge in [-0.3, -0.25) is 4.79 Å². The Morgan fingerprint density at radius 3 is 2.37 bits per heavy atom. The van der Waals surface area contributed by atoms with Crippen LogP contribution in [0.4, 0.5) is 5.69 Å². The number of hydrogen-bond donors (Lipinski definition) is 1. The third-order valence-corrected chi connectivity index (χ3v) is 4.19. The number of hydrogen-bond acceptors (Lipinski definition) is 3. The van der Waals surface area contributed by atoms with Gasteiger partial charge in [-0.2, -0.15) is 0 Å². The van der Waals surface area contributed by atoms with Crippen molar-refractivity contribution in [1.29, 1.82) is 0 Å². The second-order valence-corrected chi connectivity index (χ2v) is 6.55. The predicted octanol–water partition coefficient (Wildman–Crippen LogP) is 5.59. The van der Waals surface area contributed by atoms with E-state index < -0.39 is 0 Å². The standard InChI is InChI=1S/C21H17Cl2NO3/c22-16-6-11-19(23)20(12-16)27-14-21(25)24-17-7-9-18(10-8-17)26-13-15-4-2-1-3-5-15/h1-12H,13-14H2,(H,24,25). The largest absolute Gasteiger partial charge is 0.489 e. The van der Waals surface area contributed by atoms with Crippen molar-refractivity contribution in [2.24, 2.45) is 0 Å². The van der Waals surface area contributed by atoms with E-state index in [2.05, 4.69) is 5.32 Å². The highest BCUT2D eigenvalue weighted by Crippen LogP contribution is 2.27. The summed E-state index contributed by atoms with van der Waals surface area (Å²) in [5.74, 6) is 0.784. The van der Waals surface area contributed by atoms with Gasteiger partial charge >= 0.3 is 0 Å². The number of amides is 1. The first kappa shape index (κ1) is 19.1. The highest BCUT2D eigenvalue weighted by Gasteiger charge is 2.07. The van der Waals surface area contributed by atoms with Gasteiger partial charge in [-0.25, -0.2) is 0 Å². The summed E-state index contributed by atoms with van der Waals surface area (Å²) in [6, 6.07) is 21.9. The molecule has 3 aromatic rings. The molecular weight excluding hydrogens is 385 g/mol. The highest BCUT2D eigenvalue weighted by molar-refractivity contribution is 6.34. The maximum Gasteiger partial charge on any atom is 0.262 e. The molecule has 1 N–H and O–H groups in total. The molecule has 0 aromatic heterocycles. The van der Waals surface area contributed by atoms with Crippen LogP contribution in [0.3, 0.4) is 0 Å². The van der Waals surface area contributed by atoms with Crippen LogP contribution < -0.4 is 14.8 Å². The zero-order chi connectivity index (χ0) is 19.1. The Morgan fingerprint density at radius 1 is 0.889 bits per heavy atom. The Bertz CT molecular complexity index is 899. The van der Waals surface area contributed by atoms with Crippen LogP contribution in [-0.4, -0.2) is 12.5 Å². The van der Waals surface area contributed by atoms with Crippen molar-refractivity contribution in [3.63, 3.8) is 0 Å². The fraction of sp³-hybridized carbons (Fsp3) is 0.0952. The van der Waals surface area contributed by atoms with E-state index in [0.717, 1.165) is 11.3 Å². The molecule has 0 fully saturated rings. The molecule has 0 aliphatic rings. The van der Waals surface area contributed by atoms with Crippen LogP contribution in [0.25, 0.3) is 0 Å². The van der Waals surface area contributed by atoms with Crippen molar-refractivity contribution in [3.05, 3.63) is 88.4 Å². The van der Waals surface area contributed by atoms with Crippen LogP contribution in [0.2, 0.25) is 10.0 Å². The van der Waals surface area contributed by atoms with Crippen LogP contribution >= 0.6 is 23.2 Å². The minimum atomic E-state index is -0.302. The topological polar surface area (TPSA) is 47.6 Å². The number of halogens is 2. The molecule has 0 bridgehead atoms. The molecule has 0 atom stereocenters. The van der Waals surface area contributed by atoms with Crippen molar-refractivity contribution in [3.8, 4) is 11.5 Å². The second kappa shape index (κ2) is 9.31. The molecular formula is C21H17Cl2NO3. The first-order valence-corrected chi connectivity index (χ1v) is 9.00. The van der Waals surface area contributed by atoms with E-state index in [1.807, 2.05) is 30.3 Å². The molecule has 6 heteroatoms.